The standard InChI is InChI=1S/C22H21FN8O/c1-29-11-18-19(15(9-24)28-30(18)2)16-10-26-20(25)21(27-16)31-7-3-4-17(31)14-8-12(23)5-6-13(14)22(29)32/h5-6,8,10,17H,3-4,7,11H2,1-2H3,(H2,25,26)/t17-/m1/s1. The topological polar surface area (TPSA) is 117 Å². The second-order valence-electron chi connectivity index (χ2n) is 8.11. The fourth-order valence-corrected chi connectivity index (χ4v) is 4.66. The number of hydrogen-bond acceptors (Lipinski definition) is 7. The average Bonchev–Trinajstić information content (AvgIpc) is 3.38. The van der Waals surface area contributed by atoms with Crippen LogP contribution in [0.5, 0.6) is 0 Å². The zero-order valence-corrected chi connectivity index (χ0v) is 17.7. The summed E-state index contributed by atoms with van der Waals surface area (Å²) < 4.78 is 15.9. The predicted molar refractivity (Wildman–Crippen MR) is 115 cm³/mol. The number of amides is 1. The minimum Gasteiger partial charge on any atom is -0.381 e. The van der Waals surface area contributed by atoms with Crippen molar-refractivity contribution in [1.82, 2.24) is 24.6 Å². The summed E-state index contributed by atoms with van der Waals surface area (Å²) in [4.78, 5) is 26.1. The molecule has 0 saturated carbocycles. The first-order chi connectivity index (χ1) is 15.4. The maximum absolute atomic E-state index is 14.3. The minimum atomic E-state index is -0.404. The normalized spacial score (nSPS) is 17.7. The van der Waals surface area contributed by atoms with Gasteiger partial charge in [-0.2, -0.15) is 10.4 Å². The van der Waals surface area contributed by atoms with Crippen molar-refractivity contribution in [3.63, 3.8) is 0 Å². The maximum atomic E-state index is 14.3. The molecule has 0 spiro atoms. The van der Waals surface area contributed by atoms with Crippen LogP contribution in [0.4, 0.5) is 16.0 Å². The van der Waals surface area contributed by atoms with E-state index in [0.29, 0.717) is 40.4 Å². The first-order valence-electron chi connectivity index (χ1n) is 10.3. The Bertz CT molecular complexity index is 1290. The van der Waals surface area contributed by atoms with Crippen LogP contribution in [0.1, 0.15) is 46.2 Å². The molecule has 2 aliphatic heterocycles. The number of hydrogen-bond donors (Lipinski definition) is 1. The van der Waals surface area contributed by atoms with Gasteiger partial charge < -0.3 is 15.5 Å². The van der Waals surface area contributed by atoms with Crippen LogP contribution >= 0.6 is 0 Å². The molecule has 0 unspecified atom stereocenters. The van der Waals surface area contributed by atoms with Crippen molar-refractivity contribution in [3.8, 4) is 17.3 Å². The van der Waals surface area contributed by atoms with Crippen molar-refractivity contribution in [2.75, 3.05) is 24.2 Å². The SMILES string of the molecule is CN1Cc2c(c(C#N)nn2C)-c2cnc(N)c(n2)N2CCC[C@@H]2c2cc(F)ccc2C1=O. The average molecular weight is 432 g/mol. The first-order valence-corrected chi connectivity index (χ1v) is 10.3. The highest BCUT2D eigenvalue weighted by Crippen LogP contribution is 2.40. The molecule has 2 N–H and O–H groups in total. The van der Waals surface area contributed by atoms with E-state index in [4.69, 9.17) is 10.7 Å². The Morgan fingerprint density at radius 2 is 2.12 bits per heavy atom. The van der Waals surface area contributed by atoms with Gasteiger partial charge in [-0.15, -0.1) is 0 Å². The van der Waals surface area contributed by atoms with E-state index in [1.165, 1.54) is 24.4 Å². The van der Waals surface area contributed by atoms with Gasteiger partial charge in [0.15, 0.2) is 17.3 Å². The molecule has 4 heterocycles. The van der Waals surface area contributed by atoms with Crippen molar-refractivity contribution in [2.45, 2.75) is 25.4 Å². The summed E-state index contributed by atoms with van der Waals surface area (Å²) in [6.07, 6.45) is 3.07. The lowest BCUT2D eigenvalue weighted by Crippen LogP contribution is -2.32. The molecule has 1 saturated heterocycles. The third kappa shape index (κ3) is 2.97. The Morgan fingerprint density at radius 1 is 1.31 bits per heavy atom. The van der Waals surface area contributed by atoms with Gasteiger partial charge in [-0.3, -0.25) is 9.48 Å². The van der Waals surface area contributed by atoms with E-state index in [1.807, 2.05) is 4.90 Å². The van der Waals surface area contributed by atoms with E-state index in [1.54, 1.807) is 23.7 Å². The van der Waals surface area contributed by atoms with Crippen molar-refractivity contribution < 1.29 is 9.18 Å². The summed E-state index contributed by atoms with van der Waals surface area (Å²) >= 11 is 0. The first kappa shape index (κ1) is 19.9. The van der Waals surface area contributed by atoms with Gasteiger partial charge >= 0.3 is 0 Å². The Kier molecular flexibility index (Phi) is 4.55. The molecule has 1 atom stereocenters. The summed E-state index contributed by atoms with van der Waals surface area (Å²) in [5.74, 6) is 0.0580. The molecule has 0 radical (unpaired) electrons. The number of nitrogens with zero attached hydrogens (tertiary/aromatic N) is 7. The highest BCUT2D eigenvalue weighted by Gasteiger charge is 2.34. The van der Waals surface area contributed by atoms with E-state index in [2.05, 4.69) is 16.2 Å². The summed E-state index contributed by atoms with van der Waals surface area (Å²) in [5, 5.41) is 14.0. The number of nitrogens with two attached hydrogens (primary N) is 1. The Hall–Kier alpha value is -4.00. The van der Waals surface area contributed by atoms with E-state index in [9.17, 15) is 14.4 Å². The van der Waals surface area contributed by atoms with Gasteiger partial charge in [0.2, 0.25) is 0 Å². The number of anilines is 2. The molecule has 32 heavy (non-hydrogen) atoms. The number of nitrogen functional groups attached to an aromatic ring is 1. The maximum Gasteiger partial charge on any atom is 0.254 e. The van der Waals surface area contributed by atoms with Gasteiger partial charge in [-0.25, -0.2) is 14.4 Å². The van der Waals surface area contributed by atoms with Gasteiger partial charge in [-0.1, -0.05) is 0 Å². The highest BCUT2D eigenvalue weighted by molar-refractivity contribution is 5.96. The second-order valence-corrected chi connectivity index (χ2v) is 8.11. The van der Waals surface area contributed by atoms with Crippen LogP contribution in [0, 0.1) is 17.1 Å². The lowest BCUT2D eigenvalue weighted by atomic mass is 9.96. The van der Waals surface area contributed by atoms with Gasteiger partial charge in [0.05, 0.1) is 35.7 Å². The molecule has 10 heteroatoms. The Labute approximate surface area is 183 Å². The zero-order chi connectivity index (χ0) is 22.6. The number of fused-ring (bicyclic) bond motifs is 8. The fourth-order valence-electron chi connectivity index (χ4n) is 4.66. The van der Waals surface area contributed by atoms with E-state index >= 15 is 0 Å². The summed E-state index contributed by atoms with van der Waals surface area (Å²) in [6.45, 7) is 0.823. The molecule has 5 rings (SSSR count). The van der Waals surface area contributed by atoms with Crippen LogP contribution in [-0.2, 0) is 13.6 Å². The van der Waals surface area contributed by atoms with Crippen LogP contribution < -0.4 is 10.6 Å². The lowest BCUT2D eigenvalue weighted by molar-refractivity contribution is 0.0780. The number of benzene rings is 1. The van der Waals surface area contributed by atoms with Crippen LogP contribution in [0.2, 0.25) is 0 Å². The number of carbonyl (C=O) groups excluding carboxylic acids is 1. The molecular formula is C22H21FN8O. The quantitative estimate of drug-likeness (QED) is 0.580. The van der Waals surface area contributed by atoms with Crippen molar-refractivity contribution in [3.05, 3.63) is 52.7 Å². The third-order valence-corrected chi connectivity index (χ3v) is 6.17. The molecule has 1 fully saturated rings. The molecule has 2 aliphatic rings. The van der Waals surface area contributed by atoms with E-state index < -0.39 is 5.82 Å². The second kappa shape index (κ2) is 7.30. The van der Waals surface area contributed by atoms with Crippen molar-refractivity contribution in [2.24, 2.45) is 7.05 Å². The van der Waals surface area contributed by atoms with Crippen LogP contribution in [0.25, 0.3) is 11.3 Å². The van der Waals surface area contributed by atoms with Gasteiger partial charge in [0.1, 0.15) is 11.9 Å². The number of nitriles is 1. The number of carbonyl (C=O) groups is 1. The zero-order valence-electron chi connectivity index (χ0n) is 17.7. The lowest BCUT2D eigenvalue weighted by Gasteiger charge is -2.30. The van der Waals surface area contributed by atoms with Gasteiger partial charge in [0.25, 0.3) is 5.91 Å². The fraction of sp³-hybridized carbons (Fsp3) is 0.318. The summed E-state index contributed by atoms with van der Waals surface area (Å²) in [5.41, 5.74) is 9.08. The van der Waals surface area contributed by atoms with Crippen molar-refractivity contribution in [1.29, 1.82) is 5.26 Å². The molecule has 0 aliphatic carbocycles. The highest BCUT2D eigenvalue weighted by atomic mass is 19.1. The smallest absolute Gasteiger partial charge is 0.254 e. The molecule has 1 amide bonds. The van der Waals surface area contributed by atoms with E-state index in [-0.39, 0.29) is 30.0 Å². The van der Waals surface area contributed by atoms with Gasteiger partial charge in [0, 0.05) is 26.2 Å². The third-order valence-electron chi connectivity index (χ3n) is 6.17. The van der Waals surface area contributed by atoms with Gasteiger partial charge in [-0.05, 0) is 36.6 Å². The Morgan fingerprint density at radius 3 is 2.91 bits per heavy atom. The molecule has 2 bridgehead atoms. The number of aryl methyl sites for hydroxylation is 1. The minimum absolute atomic E-state index is 0.186. The molecule has 3 aromatic rings. The number of halogens is 1. The number of rotatable bonds is 0. The molecule has 162 valence electrons. The van der Waals surface area contributed by atoms with Crippen LogP contribution in [0.15, 0.2) is 24.4 Å². The largest absolute Gasteiger partial charge is 0.381 e. The molecule has 9 nitrogen and oxygen atoms in total. The number of aromatic nitrogens is 4. The summed E-state index contributed by atoms with van der Waals surface area (Å²) in [7, 11) is 3.39. The van der Waals surface area contributed by atoms with Crippen molar-refractivity contribution >= 4 is 17.5 Å². The van der Waals surface area contributed by atoms with E-state index in [0.717, 1.165) is 12.8 Å². The Balaban J connectivity index is 1.81. The predicted octanol–water partition coefficient (Wildman–Crippen LogP) is 2.40. The molecule has 2 aromatic heterocycles. The molecule has 1 aromatic carbocycles. The monoisotopic (exact) mass is 432 g/mol. The molecular weight excluding hydrogens is 411 g/mol. The van der Waals surface area contributed by atoms with Crippen LogP contribution in [0.3, 0.4) is 0 Å². The summed E-state index contributed by atoms with van der Waals surface area (Å²) in [6, 6.07) is 6.10. The van der Waals surface area contributed by atoms with Crippen LogP contribution in [-0.4, -0.2) is 44.1 Å².